The van der Waals surface area contributed by atoms with Gasteiger partial charge in [-0.25, -0.2) is 0 Å². The van der Waals surface area contributed by atoms with Crippen molar-refractivity contribution >= 4 is 23.1 Å². The second-order valence-electron chi connectivity index (χ2n) is 8.01. The van der Waals surface area contributed by atoms with Gasteiger partial charge in [0, 0.05) is 56.5 Å². The molecule has 0 unspecified atom stereocenters. The number of nitro groups is 1. The molecule has 8 heteroatoms. The summed E-state index contributed by atoms with van der Waals surface area (Å²) in [6, 6.07) is 13.4. The summed E-state index contributed by atoms with van der Waals surface area (Å²) < 4.78 is 0. The predicted molar refractivity (Wildman–Crippen MR) is 117 cm³/mol. The second kappa shape index (κ2) is 9.26. The molecular weight excluding hydrogens is 396 g/mol. The molecule has 2 aliphatic rings. The summed E-state index contributed by atoms with van der Waals surface area (Å²) in [5.41, 5.74) is 1.25. The number of ketones is 1. The minimum atomic E-state index is -0.430. The van der Waals surface area contributed by atoms with Crippen molar-refractivity contribution in [2.24, 2.45) is 0 Å². The van der Waals surface area contributed by atoms with Gasteiger partial charge in [0.05, 0.1) is 11.5 Å². The van der Waals surface area contributed by atoms with E-state index in [4.69, 9.17) is 0 Å². The third kappa shape index (κ3) is 4.74. The number of anilines is 1. The number of carbonyl (C=O) groups excluding carboxylic acids is 2. The highest BCUT2D eigenvalue weighted by Gasteiger charge is 2.27. The summed E-state index contributed by atoms with van der Waals surface area (Å²) in [6.45, 7) is 4.63. The molecule has 2 aromatic carbocycles. The van der Waals surface area contributed by atoms with Crippen LogP contribution < -0.4 is 4.90 Å². The minimum absolute atomic E-state index is 0.0663. The maximum atomic E-state index is 12.7. The highest BCUT2D eigenvalue weighted by atomic mass is 16.6. The molecule has 31 heavy (non-hydrogen) atoms. The summed E-state index contributed by atoms with van der Waals surface area (Å²) in [5.74, 6) is -0.0683. The average molecular weight is 422 g/mol. The van der Waals surface area contributed by atoms with E-state index in [-0.39, 0.29) is 17.4 Å². The lowest BCUT2D eigenvalue weighted by Crippen LogP contribution is -2.50. The van der Waals surface area contributed by atoms with Crippen LogP contribution in [0.15, 0.2) is 48.5 Å². The Hall–Kier alpha value is -3.26. The molecule has 2 saturated heterocycles. The van der Waals surface area contributed by atoms with Crippen molar-refractivity contribution in [3.8, 4) is 0 Å². The number of piperazine rings is 1. The zero-order chi connectivity index (χ0) is 21.8. The van der Waals surface area contributed by atoms with Crippen LogP contribution in [0.5, 0.6) is 0 Å². The first-order valence-corrected chi connectivity index (χ1v) is 10.7. The van der Waals surface area contributed by atoms with E-state index >= 15 is 0 Å². The molecule has 2 aromatic rings. The molecule has 1 amide bonds. The van der Waals surface area contributed by atoms with Crippen LogP contribution in [0.2, 0.25) is 0 Å². The van der Waals surface area contributed by atoms with E-state index in [1.54, 1.807) is 36.4 Å². The Morgan fingerprint density at radius 2 is 1.55 bits per heavy atom. The topological polar surface area (TPSA) is 87.0 Å². The third-order valence-electron chi connectivity index (χ3n) is 6.00. The van der Waals surface area contributed by atoms with Gasteiger partial charge >= 0.3 is 0 Å². The molecule has 2 aliphatic heterocycles. The monoisotopic (exact) mass is 422 g/mol. The molecular formula is C23H26N4O4. The van der Waals surface area contributed by atoms with Crippen LogP contribution in [0.1, 0.15) is 28.8 Å². The number of carbonyl (C=O) groups is 2. The molecule has 2 fully saturated rings. The van der Waals surface area contributed by atoms with Gasteiger partial charge in [-0.15, -0.1) is 0 Å². The van der Waals surface area contributed by atoms with Crippen LogP contribution in [0, 0.1) is 10.1 Å². The number of likely N-dealkylation sites (tertiary alicyclic amines) is 1. The van der Waals surface area contributed by atoms with E-state index in [2.05, 4.69) is 4.90 Å². The van der Waals surface area contributed by atoms with Gasteiger partial charge in [0.1, 0.15) is 5.69 Å². The van der Waals surface area contributed by atoms with Crippen LogP contribution >= 0.6 is 0 Å². The highest BCUT2D eigenvalue weighted by Crippen LogP contribution is 2.31. The molecule has 162 valence electrons. The van der Waals surface area contributed by atoms with Crippen LogP contribution in [-0.2, 0) is 4.79 Å². The van der Waals surface area contributed by atoms with Gasteiger partial charge in [0.2, 0.25) is 5.91 Å². The SMILES string of the molecule is O=C(c1ccccc1)c1ccc(N2CCN(CC(=O)N3CCCC3)CC2)c([N+](=O)[O-])c1. The summed E-state index contributed by atoms with van der Waals surface area (Å²) in [7, 11) is 0. The van der Waals surface area contributed by atoms with Crippen molar-refractivity contribution in [3.05, 3.63) is 69.8 Å². The van der Waals surface area contributed by atoms with Crippen LogP contribution in [-0.4, -0.2) is 72.2 Å². The summed E-state index contributed by atoms with van der Waals surface area (Å²) >= 11 is 0. The zero-order valence-electron chi connectivity index (χ0n) is 17.4. The van der Waals surface area contributed by atoms with Gasteiger partial charge in [-0.1, -0.05) is 30.3 Å². The van der Waals surface area contributed by atoms with E-state index in [1.165, 1.54) is 6.07 Å². The fourth-order valence-electron chi connectivity index (χ4n) is 4.24. The number of nitro benzene ring substituents is 1. The molecule has 0 radical (unpaired) electrons. The van der Waals surface area contributed by atoms with Crippen LogP contribution in [0.25, 0.3) is 0 Å². The molecule has 4 rings (SSSR count). The lowest BCUT2D eigenvalue weighted by molar-refractivity contribution is -0.384. The standard InChI is InChI=1S/C23H26N4O4/c28-22(26-10-4-5-11-26)17-24-12-14-25(15-13-24)20-9-8-19(16-21(20)27(30)31)23(29)18-6-2-1-3-7-18/h1-3,6-9,16H,4-5,10-15,17H2. The molecule has 0 atom stereocenters. The van der Waals surface area contributed by atoms with Crippen molar-refractivity contribution in [1.82, 2.24) is 9.80 Å². The quantitative estimate of drug-likeness (QED) is 0.404. The number of hydrogen-bond acceptors (Lipinski definition) is 6. The van der Waals surface area contributed by atoms with Gasteiger partial charge in [0.15, 0.2) is 5.78 Å². The Bertz CT molecular complexity index is 965. The van der Waals surface area contributed by atoms with Gasteiger partial charge in [-0.05, 0) is 25.0 Å². The van der Waals surface area contributed by atoms with E-state index in [0.29, 0.717) is 49.5 Å². The van der Waals surface area contributed by atoms with Gasteiger partial charge in [-0.3, -0.25) is 24.6 Å². The maximum Gasteiger partial charge on any atom is 0.293 e. The first-order valence-electron chi connectivity index (χ1n) is 10.7. The molecule has 0 aromatic heterocycles. The summed E-state index contributed by atoms with van der Waals surface area (Å²) in [5, 5.41) is 11.7. The first kappa shape index (κ1) is 21.0. The molecule has 0 aliphatic carbocycles. The van der Waals surface area contributed by atoms with Crippen molar-refractivity contribution < 1.29 is 14.5 Å². The Morgan fingerprint density at radius 3 is 2.19 bits per heavy atom. The van der Waals surface area contributed by atoms with E-state index in [0.717, 1.165) is 25.9 Å². The molecule has 0 N–H and O–H groups in total. The van der Waals surface area contributed by atoms with Gasteiger partial charge < -0.3 is 9.80 Å². The lowest BCUT2D eigenvalue weighted by atomic mass is 10.0. The van der Waals surface area contributed by atoms with Crippen molar-refractivity contribution in [2.45, 2.75) is 12.8 Å². The van der Waals surface area contributed by atoms with Crippen molar-refractivity contribution in [3.63, 3.8) is 0 Å². The van der Waals surface area contributed by atoms with Gasteiger partial charge in [0.25, 0.3) is 5.69 Å². The number of hydrogen-bond donors (Lipinski definition) is 0. The van der Waals surface area contributed by atoms with E-state index < -0.39 is 4.92 Å². The van der Waals surface area contributed by atoms with Crippen molar-refractivity contribution in [1.29, 1.82) is 0 Å². The highest BCUT2D eigenvalue weighted by molar-refractivity contribution is 6.09. The van der Waals surface area contributed by atoms with Crippen LogP contribution in [0.3, 0.4) is 0 Å². The number of nitrogens with zero attached hydrogens (tertiary/aromatic N) is 4. The summed E-state index contributed by atoms with van der Waals surface area (Å²) in [4.78, 5) is 42.4. The van der Waals surface area contributed by atoms with Crippen LogP contribution in [0.4, 0.5) is 11.4 Å². The molecule has 0 spiro atoms. The fraction of sp³-hybridized carbons (Fsp3) is 0.391. The lowest BCUT2D eigenvalue weighted by Gasteiger charge is -2.36. The first-order chi connectivity index (χ1) is 15.0. The molecule has 2 heterocycles. The minimum Gasteiger partial charge on any atom is -0.363 e. The van der Waals surface area contributed by atoms with E-state index in [9.17, 15) is 19.7 Å². The molecule has 0 saturated carbocycles. The number of rotatable bonds is 6. The van der Waals surface area contributed by atoms with Crippen molar-refractivity contribution in [2.75, 3.05) is 50.7 Å². The predicted octanol–water partition coefficient (Wildman–Crippen LogP) is 2.57. The Balaban J connectivity index is 1.44. The van der Waals surface area contributed by atoms with Gasteiger partial charge in [-0.2, -0.15) is 0 Å². The summed E-state index contributed by atoms with van der Waals surface area (Å²) in [6.07, 6.45) is 2.15. The maximum absolute atomic E-state index is 12.7. The molecule has 8 nitrogen and oxygen atoms in total. The third-order valence-corrected chi connectivity index (χ3v) is 6.00. The Morgan fingerprint density at radius 1 is 0.871 bits per heavy atom. The Kier molecular flexibility index (Phi) is 6.27. The zero-order valence-corrected chi connectivity index (χ0v) is 17.4. The fourth-order valence-corrected chi connectivity index (χ4v) is 4.24. The second-order valence-corrected chi connectivity index (χ2v) is 8.01. The van der Waals surface area contributed by atoms with E-state index in [1.807, 2.05) is 15.9 Å². The largest absolute Gasteiger partial charge is 0.363 e. The number of amides is 1. The number of benzene rings is 2. The Labute approximate surface area is 181 Å². The normalized spacial score (nSPS) is 17.0. The smallest absolute Gasteiger partial charge is 0.293 e. The molecule has 0 bridgehead atoms. The average Bonchev–Trinajstić information content (AvgIpc) is 3.34.